The van der Waals surface area contributed by atoms with E-state index in [2.05, 4.69) is 12.1 Å². The third-order valence-electron chi connectivity index (χ3n) is 5.66. The highest BCUT2D eigenvalue weighted by molar-refractivity contribution is 5.95. The molecule has 0 unspecified atom stereocenters. The molecule has 1 heterocycles. The van der Waals surface area contributed by atoms with E-state index in [0.29, 0.717) is 19.0 Å². The summed E-state index contributed by atoms with van der Waals surface area (Å²) in [6.45, 7) is 1.24. The molecule has 4 nitrogen and oxygen atoms in total. The van der Waals surface area contributed by atoms with Crippen LogP contribution in [0.4, 0.5) is 5.69 Å². The van der Waals surface area contributed by atoms with Gasteiger partial charge in [0.15, 0.2) is 0 Å². The first-order valence-corrected chi connectivity index (χ1v) is 9.31. The second-order valence-corrected chi connectivity index (χ2v) is 7.36. The number of hydrogen-bond acceptors (Lipinski definition) is 2. The molecule has 2 aromatic rings. The second-order valence-electron chi connectivity index (χ2n) is 7.36. The SMILES string of the molecule is CN(C(=O)[C@@H]1CCN(C(=O)[C@H]2C[C@@H]2c2ccccc2)C1)c1ccccc1. The Kier molecular flexibility index (Phi) is 4.49. The number of rotatable bonds is 4. The molecule has 4 heteroatoms. The van der Waals surface area contributed by atoms with Gasteiger partial charge in [0, 0.05) is 31.7 Å². The Morgan fingerprint density at radius 3 is 2.35 bits per heavy atom. The highest BCUT2D eigenvalue weighted by Crippen LogP contribution is 2.48. The van der Waals surface area contributed by atoms with Gasteiger partial charge >= 0.3 is 0 Å². The topological polar surface area (TPSA) is 40.6 Å². The van der Waals surface area contributed by atoms with Crippen molar-refractivity contribution in [1.82, 2.24) is 4.90 Å². The van der Waals surface area contributed by atoms with Gasteiger partial charge in [-0.3, -0.25) is 9.59 Å². The van der Waals surface area contributed by atoms with Crippen molar-refractivity contribution in [2.45, 2.75) is 18.8 Å². The van der Waals surface area contributed by atoms with E-state index in [4.69, 9.17) is 0 Å². The summed E-state index contributed by atoms with van der Waals surface area (Å²) in [6, 6.07) is 19.9. The largest absolute Gasteiger partial charge is 0.342 e. The van der Waals surface area contributed by atoms with E-state index in [1.165, 1.54) is 5.56 Å². The minimum absolute atomic E-state index is 0.0955. The van der Waals surface area contributed by atoms with Crippen molar-refractivity contribution in [3.63, 3.8) is 0 Å². The lowest BCUT2D eigenvalue weighted by molar-refractivity contribution is -0.132. The number of benzene rings is 2. The summed E-state index contributed by atoms with van der Waals surface area (Å²) < 4.78 is 0. The lowest BCUT2D eigenvalue weighted by Crippen LogP contribution is -2.36. The van der Waals surface area contributed by atoms with Crippen molar-refractivity contribution in [1.29, 1.82) is 0 Å². The van der Waals surface area contributed by atoms with Gasteiger partial charge in [-0.1, -0.05) is 48.5 Å². The molecule has 0 radical (unpaired) electrons. The fourth-order valence-electron chi connectivity index (χ4n) is 3.99. The molecule has 0 N–H and O–H groups in total. The molecule has 2 amide bonds. The van der Waals surface area contributed by atoms with Crippen LogP contribution in [-0.4, -0.2) is 36.9 Å². The summed E-state index contributed by atoms with van der Waals surface area (Å²) in [4.78, 5) is 29.2. The number of carbonyl (C=O) groups is 2. The molecular weight excluding hydrogens is 324 g/mol. The summed E-state index contributed by atoms with van der Waals surface area (Å²) in [5.41, 5.74) is 2.15. The molecule has 2 aromatic carbocycles. The van der Waals surface area contributed by atoms with Crippen LogP contribution in [0.25, 0.3) is 0 Å². The molecule has 2 fully saturated rings. The van der Waals surface area contributed by atoms with Crippen LogP contribution in [0, 0.1) is 11.8 Å². The zero-order valence-electron chi connectivity index (χ0n) is 15.0. The fraction of sp³-hybridized carbons (Fsp3) is 0.364. The van der Waals surface area contributed by atoms with Gasteiger partial charge in [0.25, 0.3) is 0 Å². The van der Waals surface area contributed by atoms with Gasteiger partial charge in [0.05, 0.1) is 5.92 Å². The number of hydrogen-bond donors (Lipinski definition) is 0. The van der Waals surface area contributed by atoms with Crippen LogP contribution < -0.4 is 4.90 Å². The zero-order valence-corrected chi connectivity index (χ0v) is 15.0. The van der Waals surface area contributed by atoms with Crippen molar-refractivity contribution >= 4 is 17.5 Å². The number of likely N-dealkylation sites (tertiary alicyclic amines) is 1. The monoisotopic (exact) mass is 348 g/mol. The second kappa shape index (κ2) is 6.94. The van der Waals surface area contributed by atoms with Crippen LogP contribution >= 0.6 is 0 Å². The Morgan fingerprint density at radius 2 is 1.65 bits per heavy atom. The number of carbonyl (C=O) groups excluding carboxylic acids is 2. The summed E-state index contributed by atoms with van der Waals surface area (Å²) in [7, 11) is 1.81. The molecule has 1 aliphatic carbocycles. The maximum absolute atomic E-state index is 12.8. The molecular formula is C22H24N2O2. The van der Waals surface area contributed by atoms with Crippen molar-refractivity contribution in [2.24, 2.45) is 11.8 Å². The average molecular weight is 348 g/mol. The molecule has 1 saturated heterocycles. The Balaban J connectivity index is 1.35. The van der Waals surface area contributed by atoms with Crippen molar-refractivity contribution in [3.8, 4) is 0 Å². The number of nitrogens with zero attached hydrogens (tertiary/aromatic N) is 2. The van der Waals surface area contributed by atoms with Gasteiger partial charge in [-0.05, 0) is 36.5 Å². The predicted molar refractivity (Wildman–Crippen MR) is 102 cm³/mol. The zero-order chi connectivity index (χ0) is 18.1. The van der Waals surface area contributed by atoms with Crippen molar-refractivity contribution < 1.29 is 9.59 Å². The van der Waals surface area contributed by atoms with Crippen LogP contribution in [0.3, 0.4) is 0 Å². The van der Waals surface area contributed by atoms with Crippen LogP contribution in [0.2, 0.25) is 0 Å². The summed E-state index contributed by atoms with van der Waals surface area (Å²) >= 11 is 0. The first kappa shape index (κ1) is 16.8. The van der Waals surface area contributed by atoms with E-state index in [-0.39, 0.29) is 23.7 Å². The number of anilines is 1. The molecule has 3 atom stereocenters. The first-order valence-electron chi connectivity index (χ1n) is 9.31. The Hall–Kier alpha value is -2.62. The minimum atomic E-state index is -0.0990. The van der Waals surface area contributed by atoms with Gasteiger partial charge in [-0.25, -0.2) is 0 Å². The summed E-state index contributed by atoms with van der Waals surface area (Å²) in [6.07, 6.45) is 1.69. The fourth-order valence-corrected chi connectivity index (χ4v) is 3.99. The maximum Gasteiger partial charge on any atom is 0.231 e. The van der Waals surface area contributed by atoms with Gasteiger partial charge in [-0.2, -0.15) is 0 Å². The Morgan fingerprint density at radius 1 is 1.00 bits per heavy atom. The molecule has 1 saturated carbocycles. The van der Waals surface area contributed by atoms with Crippen LogP contribution in [0.1, 0.15) is 24.3 Å². The Bertz CT molecular complexity index is 790. The van der Waals surface area contributed by atoms with Crippen molar-refractivity contribution in [3.05, 3.63) is 66.2 Å². The van der Waals surface area contributed by atoms with E-state index in [1.54, 1.807) is 4.90 Å². The van der Waals surface area contributed by atoms with Gasteiger partial charge in [-0.15, -0.1) is 0 Å². The van der Waals surface area contributed by atoms with Crippen LogP contribution in [0.5, 0.6) is 0 Å². The number of amides is 2. The van der Waals surface area contributed by atoms with Crippen LogP contribution in [-0.2, 0) is 9.59 Å². The number of para-hydroxylation sites is 1. The summed E-state index contributed by atoms with van der Waals surface area (Å²) in [5, 5.41) is 0. The molecule has 26 heavy (non-hydrogen) atoms. The Labute approximate surface area is 154 Å². The van der Waals surface area contributed by atoms with Crippen molar-refractivity contribution in [2.75, 3.05) is 25.0 Å². The molecule has 2 aliphatic rings. The molecule has 0 spiro atoms. The molecule has 0 aromatic heterocycles. The standard InChI is InChI=1S/C22H24N2O2/c1-23(18-10-6-3-7-11-18)21(25)17-12-13-24(15-17)22(26)20-14-19(20)16-8-4-2-5-9-16/h2-11,17,19-20H,12-15H2,1H3/t17-,19-,20+/m1/s1. The minimum Gasteiger partial charge on any atom is -0.342 e. The van der Waals surface area contributed by atoms with Gasteiger partial charge in [0.1, 0.15) is 0 Å². The smallest absolute Gasteiger partial charge is 0.231 e. The normalized spacial score (nSPS) is 24.3. The highest BCUT2D eigenvalue weighted by atomic mass is 16.2. The lowest BCUT2D eigenvalue weighted by Gasteiger charge is -2.22. The molecule has 1 aliphatic heterocycles. The lowest BCUT2D eigenvalue weighted by atomic mass is 10.1. The van der Waals surface area contributed by atoms with Crippen LogP contribution in [0.15, 0.2) is 60.7 Å². The van der Waals surface area contributed by atoms with E-state index in [9.17, 15) is 9.59 Å². The van der Waals surface area contributed by atoms with Gasteiger partial charge in [0.2, 0.25) is 11.8 Å². The van der Waals surface area contributed by atoms with E-state index < -0.39 is 0 Å². The third kappa shape index (κ3) is 3.24. The molecule has 0 bridgehead atoms. The first-order chi connectivity index (χ1) is 12.6. The summed E-state index contributed by atoms with van der Waals surface area (Å²) in [5.74, 6) is 0.667. The van der Waals surface area contributed by atoms with Gasteiger partial charge < -0.3 is 9.80 Å². The third-order valence-corrected chi connectivity index (χ3v) is 5.66. The highest BCUT2D eigenvalue weighted by Gasteiger charge is 2.47. The van der Waals surface area contributed by atoms with E-state index >= 15 is 0 Å². The van der Waals surface area contributed by atoms with E-state index in [1.807, 2.05) is 60.5 Å². The molecule has 4 rings (SSSR count). The maximum atomic E-state index is 12.8. The molecule has 134 valence electrons. The van der Waals surface area contributed by atoms with E-state index in [0.717, 1.165) is 18.5 Å². The average Bonchev–Trinajstić information content (AvgIpc) is 3.35. The predicted octanol–water partition coefficient (Wildman–Crippen LogP) is 3.30. The quantitative estimate of drug-likeness (QED) is 0.851.